The standard InChI is InChI=1S/C26H21N3O3/c30-26-24-22(23(27-13-14-28-24)17-7-3-1-4-8-17)25(29(26)19-9-5-2-6-10-19)18-11-12-20-21(15-18)32-16-31-20/h1-12,15,25,28H,13-14,16H2/t25-/m1/s1. The molecule has 6 rings (SSSR count). The summed E-state index contributed by atoms with van der Waals surface area (Å²) in [6, 6.07) is 25.4. The second-order valence-electron chi connectivity index (χ2n) is 7.84. The largest absolute Gasteiger partial charge is 0.454 e. The minimum atomic E-state index is -0.348. The lowest BCUT2D eigenvalue weighted by atomic mass is 9.91. The first-order valence-corrected chi connectivity index (χ1v) is 10.7. The van der Waals surface area contributed by atoms with E-state index in [4.69, 9.17) is 14.5 Å². The van der Waals surface area contributed by atoms with Crippen LogP contribution in [0.5, 0.6) is 11.5 Å². The van der Waals surface area contributed by atoms with Crippen LogP contribution in [0.4, 0.5) is 5.69 Å². The Morgan fingerprint density at radius 1 is 0.906 bits per heavy atom. The molecule has 0 bridgehead atoms. The van der Waals surface area contributed by atoms with Crippen molar-refractivity contribution in [3.8, 4) is 11.5 Å². The fraction of sp³-hybridized carbons (Fsp3) is 0.154. The third-order valence-corrected chi connectivity index (χ3v) is 5.97. The summed E-state index contributed by atoms with van der Waals surface area (Å²) in [5, 5.41) is 3.36. The molecule has 3 heterocycles. The van der Waals surface area contributed by atoms with Gasteiger partial charge in [-0.2, -0.15) is 0 Å². The molecule has 0 spiro atoms. The Kier molecular flexibility index (Phi) is 4.42. The molecule has 0 radical (unpaired) electrons. The molecule has 1 atom stereocenters. The van der Waals surface area contributed by atoms with Crippen molar-refractivity contribution >= 4 is 17.3 Å². The van der Waals surface area contributed by atoms with E-state index in [1.807, 2.05) is 83.8 Å². The first-order chi connectivity index (χ1) is 15.8. The molecule has 0 fully saturated rings. The third kappa shape index (κ3) is 2.95. The van der Waals surface area contributed by atoms with Gasteiger partial charge in [-0.3, -0.25) is 14.7 Å². The average molecular weight is 423 g/mol. The highest BCUT2D eigenvalue weighted by atomic mass is 16.7. The van der Waals surface area contributed by atoms with Gasteiger partial charge in [-0.05, 0) is 29.8 Å². The molecule has 3 aliphatic rings. The van der Waals surface area contributed by atoms with E-state index in [0.717, 1.165) is 33.8 Å². The molecule has 0 saturated carbocycles. The van der Waals surface area contributed by atoms with Crippen LogP contribution in [0.15, 0.2) is 95.1 Å². The Morgan fingerprint density at radius 2 is 1.66 bits per heavy atom. The van der Waals surface area contributed by atoms with Crippen molar-refractivity contribution in [2.24, 2.45) is 4.99 Å². The highest BCUT2D eigenvalue weighted by molar-refractivity contribution is 6.23. The molecule has 0 aromatic heterocycles. The summed E-state index contributed by atoms with van der Waals surface area (Å²) in [5.74, 6) is 1.35. The van der Waals surface area contributed by atoms with Gasteiger partial charge in [-0.15, -0.1) is 0 Å². The zero-order valence-corrected chi connectivity index (χ0v) is 17.3. The molecule has 3 aromatic rings. The van der Waals surface area contributed by atoms with E-state index in [1.54, 1.807) is 0 Å². The van der Waals surface area contributed by atoms with Crippen LogP contribution in [-0.4, -0.2) is 31.5 Å². The van der Waals surface area contributed by atoms with Crippen molar-refractivity contribution in [1.82, 2.24) is 5.32 Å². The normalized spacial score (nSPS) is 19.4. The third-order valence-electron chi connectivity index (χ3n) is 5.97. The quantitative estimate of drug-likeness (QED) is 0.695. The van der Waals surface area contributed by atoms with Crippen molar-refractivity contribution in [3.63, 3.8) is 0 Å². The molecule has 1 N–H and O–H groups in total. The predicted molar refractivity (Wildman–Crippen MR) is 122 cm³/mol. The number of benzene rings is 3. The molecule has 32 heavy (non-hydrogen) atoms. The maximum atomic E-state index is 13.8. The van der Waals surface area contributed by atoms with Crippen LogP contribution in [-0.2, 0) is 4.79 Å². The number of hydrogen-bond acceptors (Lipinski definition) is 5. The number of fused-ring (bicyclic) bond motifs is 1. The Labute approximate surface area is 185 Å². The highest BCUT2D eigenvalue weighted by Gasteiger charge is 2.44. The lowest BCUT2D eigenvalue weighted by molar-refractivity contribution is -0.115. The number of amides is 1. The van der Waals surface area contributed by atoms with Crippen molar-refractivity contribution in [2.75, 3.05) is 24.8 Å². The van der Waals surface area contributed by atoms with E-state index in [-0.39, 0.29) is 18.7 Å². The topological polar surface area (TPSA) is 63.2 Å². The van der Waals surface area contributed by atoms with Crippen LogP contribution in [0.1, 0.15) is 17.2 Å². The number of para-hydroxylation sites is 1. The van der Waals surface area contributed by atoms with Gasteiger partial charge in [0.1, 0.15) is 5.70 Å². The Balaban J connectivity index is 1.57. The van der Waals surface area contributed by atoms with Gasteiger partial charge >= 0.3 is 0 Å². The summed E-state index contributed by atoms with van der Waals surface area (Å²) in [5.41, 5.74) is 5.13. The first kappa shape index (κ1) is 18.7. The molecule has 0 saturated heterocycles. The maximum absolute atomic E-state index is 13.8. The van der Waals surface area contributed by atoms with Crippen molar-refractivity contribution in [2.45, 2.75) is 6.04 Å². The van der Waals surface area contributed by atoms with Gasteiger partial charge in [0.25, 0.3) is 5.91 Å². The molecule has 6 nitrogen and oxygen atoms in total. The van der Waals surface area contributed by atoms with Gasteiger partial charge in [0.05, 0.1) is 18.3 Å². The summed E-state index contributed by atoms with van der Waals surface area (Å²) < 4.78 is 11.2. The fourth-order valence-corrected chi connectivity index (χ4v) is 4.57. The summed E-state index contributed by atoms with van der Waals surface area (Å²) in [4.78, 5) is 20.5. The lowest BCUT2D eigenvalue weighted by Crippen LogP contribution is -2.33. The van der Waals surface area contributed by atoms with Crippen LogP contribution in [0, 0.1) is 0 Å². The number of hydrogen-bond donors (Lipinski definition) is 1. The molecule has 1 amide bonds. The molecule has 3 aliphatic heterocycles. The number of ether oxygens (including phenoxy) is 2. The zero-order valence-electron chi connectivity index (χ0n) is 17.3. The van der Waals surface area contributed by atoms with E-state index in [1.165, 1.54) is 0 Å². The van der Waals surface area contributed by atoms with E-state index < -0.39 is 0 Å². The van der Waals surface area contributed by atoms with Gasteiger partial charge in [0.2, 0.25) is 6.79 Å². The molecular weight excluding hydrogens is 402 g/mol. The van der Waals surface area contributed by atoms with Crippen LogP contribution < -0.4 is 19.7 Å². The van der Waals surface area contributed by atoms with Crippen molar-refractivity contribution in [3.05, 3.63) is 101 Å². The minimum absolute atomic E-state index is 0.0561. The van der Waals surface area contributed by atoms with Gasteiger partial charge in [-0.1, -0.05) is 54.6 Å². The highest BCUT2D eigenvalue weighted by Crippen LogP contribution is 2.45. The number of carbonyl (C=O) groups is 1. The van der Waals surface area contributed by atoms with Crippen LogP contribution in [0.2, 0.25) is 0 Å². The van der Waals surface area contributed by atoms with E-state index >= 15 is 0 Å². The second kappa shape index (κ2) is 7.57. The lowest BCUT2D eigenvalue weighted by Gasteiger charge is -2.28. The Morgan fingerprint density at radius 3 is 2.47 bits per heavy atom. The smallest absolute Gasteiger partial charge is 0.275 e. The Hall–Kier alpha value is -4.06. The van der Waals surface area contributed by atoms with E-state index in [0.29, 0.717) is 24.5 Å². The van der Waals surface area contributed by atoms with E-state index in [9.17, 15) is 4.79 Å². The number of anilines is 1. The molecule has 158 valence electrons. The predicted octanol–water partition coefficient (Wildman–Crippen LogP) is 3.85. The van der Waals surface area contributed by atoms with Crippen LogP contribution >= 0.6 is 0 Å². The van der Waals surface area contributed by atoms with Gasteiger partial charge < -0.3 is 14.8 Å². The van der Waals surface area contributed by atoms with E-state index in [2.05, 4.69) is 5.32 Å². The number of carbonyl (C=O) groups excluding carboxylic acids is 1. The average Bonchev–Trinajstić information content (AvgIpc) is 3.34. The summed E-state index contributed by atoms with van der Waals surface area (Å²) in [7, 11) is 0. The number of nitrogens with one attached hydrogen (secondary N) is 1. The molecule has 6 heteroatoms. The van der Waals surface area contributed by atoms with Gasteiger partial charge in [0.15, 0.2) is 11.5 Å². The van der Waals surface area contributed by atoms with Crippen LogP contribution in [0.25, 0.3) is 0 Å². The SMILES string of the molecule is O=C1C2=C(C(c3ccccc3)=NCCN2)[C@@H](c2ccc3c(c2)OCO3)N1c1ccccc1. The van der Waals surface area contributed by atoms with Crippen LogP contribution in [0.3, 0.4) is 0 Å². The maximum Gasteiger partial charge on any atom is 0.275 e. The molecule has 3 aromatic carbocycles. The zero-order chi connectivity index (χ0) is 21.5. The number of nitrogens with zero attached hydrogens (tertiary/aromatic N) is 2. The van der Waals surface area contributed by atoms with Crippen molar-refractivity contribution in [1.29, 1.82) is 0 Å². The summed E-state index contributed by atoms with van der Waals surface area (Å²) in [6.45, 7) is 1.41. The summed E-state index contributed by atoms with van der Waals surface area (Å²) >= 11 is 0. The molecular formula is C26H21N3O3. The monoisotopic (exact) mass is 423 g/mol. The van der Waals surface area contributed by atoms with Gasteiger partial charge in [0, 0.05) is 23.4 Å². The van der Waals surface area contributed by atoms with Crippen molar-refractivity contribution < 1.29 is 14.3 Å². The first-order valence-electron chi connectivity index (χ1n) is 10.7. The second-order valence-corrected chi connectivity index (χ2v) is 7.84. The fourth-order valence-electron chi connectivity index (χ4n) is 4.57. The minimum Gasteiger partial charge on any atom is -0.454 e. The number of aliphatic imine (C=N–C) groups is 1. The van der Waals surface area contributed by atoms with Gasteiger partial charge in [-0.25, -0.2) is 0 Å². The summed E-state index contributed by atoms with van der Waals surface area (Å²) in [6.07, 6.45) is 0. The molecule has 0 unspecified atom stereocenters. The number of rotatable bonds is 3. The Bertz CT molecular complexity index is 1250. The molecule has 0 aliphatic carbocycles.